The van der Waals surface area contributed by atoms with Gasteiger partial charge in [-0.05, 0) is 29.8 Å². The van der Waals surface area contributed by atoms with Gasteiger partial charge in [0.2, 0.25) is 11.7 Å². The number of halogens is 1. The van der Waals surface area contributed by atoms with Gasteiger partial charge in [-0.1, -0.05) is 6.07 Å². The van der Waals surface area contributed by atoms with Gasteiger partial charge in [0.1, 0.15) is 0 Å². The second kappa shape index (κ2) is 6.38. The molecule has 0 aliphatic heterocycles. The molecule has 2 aromatic rings. The van der Waals surface area contributed by atoms with Crippen LogP contribution in [0.5, 0.6) is 0 Å². The molecule has 0 aliphatic rings. The Kier molecular flexibility index (Phi) is 4.35. The molecule has 1 aromatic carbocycles. The molecule has 1 aromatic heterocycles. The monoisotopic (exact) mass is 287 g/mol. The number of nitro benzene ring substituents is 1. The van der Waals surface area contributed by atoms with E-state index >= 15 is 0 Å². The van der Waals surface area contributed by atoms with Crippen molar-refractivity contribution in [2.45, 2.75) is 0 Å². The molecule has 0 spiro atoms. The Hall–Kier alpha value is -3.09. The number of benzene rings is 1. The molecule has 21 heavy (non-hydrogen) atoms. The third kappa shape index (κ3) is 3.93. The highest BCUT2D eigenvalue weighted by atomic mass is 19.1. The standard InChI is InChI=1S/C14H10FN3O3/c15-12-5-4-11(8-13(12)18(20)21)17-14(19)6-3-10-2-1-7-16-9-10/h1-9H,(H,17,19)/b6-3+. The van der Waals surface area contributed by atoms with E-state index in [1.165, 1.54) is 12.1 Å². The van der Waals surface area contributed by atoms with Gasteiger partial charge in [-0.25, -0.2) is 0 Å². The fourth-order valence-electron chi connectivity index (χ4n) is 1.56. The predicted octanol–water partition coefficient (Wildman–Crippen LogP) is 2.78. The molecule has 0 radical (unpaired) electrons. The van der Waals surface area contributed by atoms with Gasteiger partial charge in [-0.3, -0.25) is 19.9 Å². The van der Waals surface area contributed by atoms with Crippen molar-refractivity contribution in [2.24, 2.45) is 0 Å². The lowest BCUT2D eigenvalue weighted by Gasteiger charge is -2.02. The summed E-state index contributed by atoms with van der Waals surface area (Å²) >= 11 is 0. The van der Waals surface area contributed by atoms with Crippen molar-refractivity contribution in [3.8, 4) is 0 Å². The Balaban J connectivity index is 2.08. The molecule has 0 saturated heterocycles. The number of carbonyl (C=O) groups excluding carboxylic acids is 1. The van der Waals surface area contributed by atoms with Gasteiger partial charge in [-0.2, -0.15) is 4.39 Å². The zero-order chi connectivity index (χ0) is 15.2. The lowest BCUT2D eigenvalue weighted by Crippen LogP contribution is -2.08. The van der Waals surface area contributed by atoms with Crippen LogP contribution in [-0.2, 0) is 4.79 Å². The van der Waals surface area contributed by atoms with E-state index in [9.17, 15) is 19.3 Å². The topological polar surface area (TPSA) is 85.1 Å². The van der Waals surface area contributed by atoms with E-state index in [4.69, 9.17) is 0 Å². The smallest absolute Gasteiger partial charge is 0.306 e. The first-order chi connectivity index (χ1) is 10.1. The minimum Gasteiger partial charge on any atom is -0.322 e. The van der Waals surface area contributed by atoms with Gasteiger partial charge >= 0.3 is 5.69 Å². The molecule has 0 fully saturated rings. The van der Waals surface area contributed by atoms with Gasteiger partial charge in [0.15, 0.2) is 0 Å². The van der Waals surface area contributed by atoms with Crippen LogP contribution in [0.3, 0.4) is 0 Å². The van der Waals surface area contributed by atoms with E-state index in [0.717, 1.165) is 17.7 Å². The molecule has 0 atom stereocenters. The second-order valence-corrected chi connectivity index (χ2v) is 4.03. The van der Waals surface area contributed by atoms with Crippen LogP contribution in [0.1, 0.15) is 5.56 Å². The Morgan fingerprint density at radius 1 is 1.38 bits per heavy atom. The number of pyridine rings is 1. The van der Waals surface area contributed by atoms with E-state index in [0.29, 0.717) is 0 Å². The molecule has 1 N–H and O–H groups in total. The summed E-state index contributed by atoms with van der Waals surface area (Å²) in [6, 6.07) is 6.63. The Morgan fingerprint density at radius 2 is 2.19 bits per heavy atom. The van der Waals surface area contributed by atoms with Crippen LogP contribution >= 0.6 is 0 Å². The van der Waals surface area contributed by atoms with Gasteiger partial charge < -0.3 is 5.32 Å². The second-order valence-electron chi connectivity index (χ2n) is 4.03. The van der Waals surface area contributed by atoms with E-state index in [1.807, 2.05) is 0 Å². The van der Waals surface area contributed by atoms with Crippen LogP contribution in [0.4, 0.5) is 15.8 Å². The number of hydrogen-bond acceptors (Lipinski definition) is 4. The number of carbonyl (C=O) groups is 1. The summed E-state index contributed by atoms with van der Waals surface area (Å²) in [6.45, 7) is 0. The minimum atomic E-state index is -0.955. The quantitative estimate of drug-likeness (QED) is 0.532. The average molecular weight is 287 g/mol. The lowest BCUT2D eigenvalue weighted by molar-refractivity contribution is -0.387. The maximum atomic E-state index is 13.2. The van der Waals surface area contributed by atoms with Crippen molar-refractivity contribution >= 4 is 23.4 Å². The average Bonchev–Trinajstić information content (AvgIpc) is 2.48. The van der Waals surface area contributed by atoms with Gasteiger partial charge in [0, 0.05) is 30.2 Å². The number of rotatable bonds is 4. The fourth-order valence-corrected chi connectivity index (χ4v) is 1.56. The number of amides is 1. The molecule has 1 amide bonds. The van der Waals surface area contributed by atoms with Crippen molar-refractivity contribution in [1.29, 1.82) is 0 Å². The fraction of sp³-hybridized carbons (Fsp3) is 0. The van der Waals surface area contributed by atoms with E-state index in [-0.39, 0.29) is 5.69 Å². The Bertz CT molecular complexity index is 702. The summed E-state index contributed by atoms with van der Waals surface area (Å²) in [7, 11) is 0. The van der Waals surface area contributed by atoms with Crippen molar-refractivity contribution in [2.75, 3.05) is 5.32 Å². The highest BCUT2D eigenvalue weighted by molar-refractivity contribution is 6.02. The van der Waals surface area contributed by atoms with Gasteiger partial charge in [0.25, 0.3) is 0 Å². The predicted molar refractivity (Wildman–Crippen MR) is 75.0 cm³/mol. The molecule has 2 rings (SSSR count). The molecule has 0 saturated carbocycles. The third-order valence-corrected chi connectivity index (χ3v) is 2.52. The molecule has 1 heterocycles. The molecule has 7 heteroatoms. The first-order valence-electron chi connectivity index (χ1n) is 5.89. The SMILES string of the molecule is O=C(/C=C/c1cccnc1)Nc1ccc(F)c([N+](=O)[O-])c1. The van der Waals surface area contributed by atoms with Crippen LogP contribution in [0.15, 0.2) is 48.8 Å². The molecular formula is C14H10FN3O3. The van der Waals surface area contributed by atoms with Crippen molar-refractivity contribution in [1.82, 2.24) is 4.98 Å². The largest absolute Gasteiger partial charge is 0.322 e. The zero-order valence-corrected chi connectivity index (χ0v) is 10.7. The number of hydrogen-bond donors (Lipinski definition) is 1. The number of anilines is 1. The van der Waals surface area contributed by atoms with E-state index < -0.39 is 22.3 Å². The van der Waals surface area contributed by atoms with E-state index in [2.05, 4.69) is 10.3 Å². The molecule has 6 nitrogen and oxygen atoms in total. The zero-order valence-electron chi connectivity index (χ0n) is 10.7. The summed E-state index contributed by atoms with van der Waals surface area (Å²) in [4.78, 5) is 25.3. The summed E-state index contributed by atoms with van der Waals surface area (Å²) in [6.07, 6.45) is 5.98. The Morgan fingerprint density at radius 3 is 2.86 bits per heavy atom. The van der Waals surface area contributed by atoms with Gasteiger partial charge in [-0.15, -0.1) is 0 Å². The maximum absolute atomic E-state index is 13.2. The minimum absolute atomic E-state index is 0.143. The summed E-state index contributed by atoms with van der Waals surface area (Å²) in [5.74, 6) is -1.44. The maximum Gasteiger partial charge on any atom is 0.306 e. The van der Waals surface area contributed by atoms with Gasteiger partial charge in [0.05, 0.1) is 4.92 Å². The first kappa shape index (κ1) is 14.3. The normalized spacial score (nSPS) is 10.5. The highest BCUT2D eigenvalue weighted by Crippen LogP contribution is 2.21. The number of nitrogens with one attached hydrogen (secondary N) is 1. The van der Waals surface area contributed by atoms with Crippen LogP contribution in [0, 0.1) is 15.9 Å². The van der Waals surface area contributed by atoms with Crippen LogP contribution < -0.4 is 5.32 Å². The highest BCUT2D eigenvalue weighted by Gasteiger charge is 2.14. The van der Waals surface area contributed by atoms with Crippen molar-refractivity contribution in [3.63, 3.8) is 0 Å². The summed E-state index contributed by atoms with van der Waals surface area (Å²) in [5.41, 5.74) is 0.186. The lowest BCUT2D eigenvalue weighted by atomic mass is 10.2. The first-order valence-corrected chi connectivity index (χ1v) is 5.89. The number of nitro groups is 1. The number of nitrogens with zero attached hydrogens (tertiary/aromatic N) is 2. The molecular weight excluding hydrogens is 277 g/mol. The van der Waals surface area contributed by atoms with Crippen LogP contribution in [-0.4, -0.2) is 15.8 Å². The van der Waals surface area contributed by atoms with E-state index in [1.54, 1.807) is 30.6 Å². The molecule has 0 unspecified atom stereocenters. The van der Waals surface area contributed by atoms with Crippen molar-refractivity contribution < 1.29 is 14.1 Å². The Labute approximate surface area is 119 Å². The summed E-state index contributed by atoms with van der Waals surface area (Å²) < 4.78 is 13.2. The molecule has 106 valence electrons. The van der Waals surface area contributed by atoms with Crippen LogP contribution in [0.2, 0.25) is 0 Å². The summed E-state index contributed by atoms with van der Waals surface area (Å²) in [5, 5.41) is 13.0. The molecule has 0 bridgehead atoms. The molecule has 0 aliphatic carbocycles. The van der Waals surface area contributed by atoms with Crippen LogP contribution in [0.25, 0.3) is 6.08 Å². The number of aromatic nitrogens is 1. The van der Waals surface area contributed by atoms with Crippen molar-refractivity contribution in [3.05, 3.63) is 70.3 Å². The third-order valence-electron chi connectivity index (χ3n) is 2.52.